The van der Waals surface area contributed by atoms with Gasteiger partial charge in [-0.05, 0) is 25.8 Å². The summed E-state index contributed by atoms with van der Waals surface area (Å²) in [6.45, 7) is 1.76. The fraction of sp³-hybridized carbons (Fsp3) is 0.385. The summed E-state index contributed by atoms with van der Waals surface area (Å²) in [4.78, 5) is 12.7. The monoisotopic (exact) mass is 274 g/mol. The van der Waals surface area contributed by atoms with E-state index in [9.17, 15) is 5.26 Å². The van der Waals surface area contributed by atoms with Crippen LogP contribution in [0.4, 0.5) is 0 Å². The Morgan fingerprint density at radius 3 is 2.68 bits per heavy atom. The quantitative estimate of drug-likeness (QED) is 0.787. The molecule has 0 aliphatic heterocycles. The van der Waals surface area contributed by atoms with Crippen molar-refractivity contribution in [3.8, 4) is 11.9 Å². The summed E-state index contributed by atoms with van der Waals surface area (Å²) >= 11 is 6.13. The molecule has 0 amide bonds. The van der Waals surface area contributed by atoms with Crippen LogP contribution < -0.4 is 4.74 Å². The van der Waals surface area contributed by atoms with Crippen LogP contribution in [0.3, 0.4) is 0 Å². The first-order chi connectivity index (χ1) is 9.09. The van der Waals surface area contributed by atoms with Crippen molar-refractivity contribution >= 4 is 22.6 Å². The van der Waals surface area contributed by atoms with E-state index < -0.39 is 5.41 Å². The first kappa shape index (κ1) is 12.1. The summed E-state index contributed by atoms with van der Waals surface area (Å²) in [5, 5.41) is 10.3. The van der Waals surface area contributed by atoms with E-state index >= 15 is 0 Å². The molecule has 1 aliphatic rings. The molecule has 2 aromatic rings. The van der Waals surface area contributed by atoms with Crippen molar-refractivity contribution in [2.75, 3.05) is 7.11 Å². The van der Waals surface area contributed by atoms with Crippen LogP contribution in [0.5, 0.6) is 5.88 Å². The number of fused-ring (bicyclic) bond motifs is 1. The van der Waals surface area contributed by atoms with Gasteiger partial charge in [0.15, 0.2) is 5.65 Å². The van der Waals surface area contributed by atoms with Gasteiger partial charge in [0, 0.05) is 5.56 Å². The molecule has 96 valence electrons. The van der Waals surface area contributed by atoms with Gasteiger partial charge in [-0.25, -0.2) is 9.97 Å². The Morgan fingerprint density at radius 2 is 2.11 bits per heavy atom. The van der Waals surface area contributed by atoms with Crippen molar-refractivity contribution in [2.45, 2.75) is 25.2 Å². The number of hydrogen-bond donors (Lipinski definition) is 0. The van der Waals surface area contributed by atoms with Crippen molar-refractivity contribution < 1.29 is 4.74 Å². The lowest BCUT2D eigenvalue weighted by molar-refractivity contribution is 0.392. The predicted molar refractivity (Wildman–Crippen MR) is 70.2 cm³/mol. The minimum absolute atomic E-state index is 0.354. The van der Waals surface area contributed by atoms with Crippen LogP contribution in [0, 0.1) is 18.3 Å². The minimum atomic E-state index is -0.485. The molecule has 1 saturated carbocycles. The van der Waals surface area contributed by atoms with Crippen LogP contribution in [0.2, 0.25) is 5.15 Å². The van der Waals surface area contributed by atoms with Crippen LogP contribution in [-0.4, -0.2) is 22.1 Å². The van der Waals surface area contributed by atoms with E-state index in [1.165, 1.54) is 0 Å². The van der Waals surface area contributed by atoms with Crippen LogP contribution in [0.25, 0.3) is 11.0 Å². The third-order valence-electron chi connectivity index (χ3n) is 3.39. The van der Waals surface area contributed by atoms with E-state index in [2.05, 4.69) is 21.0 Å². The molecule has 0 N–H and O–H groups in total. The van der Waals surface area contributed by atoms with Crippen molar-refractivity contribution in [2.24, 2.45) is 0 Å². The molecular weight excluding hydrogens is 264 g/mol. The molecule has 6 heteroatoms. The summed E-state index contributed by atoms with van der Waals surface area (Å²) in [5.41, 5.74) is 0.784. The fourth-order valence-corrected chi connectivity index (χ4v) is 2.43. The highest BCUT2D eigenvalue weighted by Gasteiger charge is 2.47. The molecule has 0 saturated heterocycles. The van der Waals surface area contributed by atoms with Gasteiger partial charge in [0.25, 0.3) is 0 Å². The van der Waals surface area contributed by atoms with E-state index in [0.29, 0.717) is 27.9 Å². The first-order valence-electron chi connectivity index (χ1n) is 5.90. The standard InChI is InChI=1S/C13H11ClN4O/c1-7-16-10(14)8-5-9(13(6-15)3-4-13)12(19-2)18-11(8)17-7/h5H,3-4H2,1-2H3. The van der Waals surface area contributed by atoms with Gasteiger partial charge in [-0.15, -0.1) is 0 Å². The second-order valence-electron chi connectivity index (χ2n) is 4.67. The fourth-order valence-electron chi connectivity index (χ4n) is 2.17. The number of rotatable bonds is 2. The maximum Gasteiger partial charge on any atom is 0.220 e. The van der Waals surface area contributed by atoms with Gasteiger partial charge in [0.05, 0.1) is 24.0 Å². The molecular formula is C13H11ClN4O. The number of hydrogen-bond acceptors (Lipinski definition) is 5. The molecule has 0 unspecified atom stereocenters. The van der Waals surface area contributed by atoms with E-state index in [4.69, 9.17) is 16.3 Å². The maximum absolute atomic E-state index is 9.32. The molecule has 1 fully saturated rings. The average molecular weight is 275 g/mol. The highest BCUT2D eigenvalue weighted by molar-refractivity contribution is 6.33. The molecule has 0 atom stereocenters. The lowest BCUT2D eigenvalue weighted by atomic mass is 9.98. The lowest BCUT2D eigenvalue weighted by Gasteiger charge is -2.12. The number of pyridine rings is 1. The Kier molecular flexibility index (Phi) is 2.58. The second-order valence-corrected chi connectivity index (χ2v) is 5.03. The van der Waals surface area contributed by atoms with Crippen molar-refractivity contribution in [1.29, 1.82) is 5.26 Å². The molecule has 5 nitrogen and oxygen atoms in total. The Bertz CT molecular complexity index is 719. The third-order valence-corrected chi connectivity index (χ3v) is 3.68. The van der Waals surface area contributed by atoms with E-state index in [0.717, 1.165) is 18.4 Å². The molecule has 19 heavy (non-hydrogen) atoms. The number of nitriles is 1. The van der Waals surface area contributed by atoms with E-state index in [1.807, 2.05) is 6.07 Å². The Morgan fingerprint density at radius 1 is 1.37 bits per heavy atom. The molecule has 0 spiro atoms. The number of halogens is 1. The molecule has 0 bridgehead atoms. The Labute approximate surface area is 115 Å². The van der Waals surface area contributed by atoms with Crippen LogP contribution in [-0.2, 0) is 5.41 Å². The summed E-state index contributed by atoms with van der Waals surface area (Å²) in [6.07, 6.45) is 1.63. The number of aryl methyl sites for hydroxylation is 1. The zero-order valence-corrected chi connectivity index (χ0v) is 11.3. The number of nitrogens with zero attached hydrogens (tertiary/aromatic N) is 4. The Balaban J connectivity index is 2.32. The normalized spacial score (nSPS) is 16.1. The van der Waals surface area contributed by atoms with Crippen molar-refractivity contribution in [3.05, 3.63) is 22.6 Å². The van der Waals surface area contributed by atoms with Gasteiger partial charge in [0.1, 0.15) is 11.0 Å². The number of methoxy groups -OCH3 is 1. The third kappa shape index (κ3) is 1.80. The van der Waals surface area contributed by atoms with Gasteiger partial charge in [0.2, 0.25) is 5.88 Å². The van der Waals surface area contributed by atoms with Crippen molar-refractivity contribution in [3.63, 3.8) is 0 Å². The van der Waals surface area contributed by atoms with Crippen molar-refractivity contribution in [1.82, 2.24) is 15.0 Å². The van der Waals surface area contributed by atoms with Crippen LogP contribution in [0.1, 0.15) is 24.2 Å². The minimum Gasteiger partial charge on any atom is -0.481 e. The smallest absolute Gasteiger partial charge is 0.220 e. The summed E-state index contributed by atoms with van der Waals surface area (Å²) < 4.78 is 5.30. The summed E-state index contributed by atoms with van der Waals surface area (Å²) in [7, 11) is 1.54. The van der Waals surface area contributed by atoms with Crippen LogP contribution in [0.15, 0.2) is 6.07 Å². The molecule has 0 aromatic carbocycles. The van der Waals surface area contributed by atoms with Gasteiger partial charge >= 0.3 is 0 Å². The molecule has 1 aliphatic carbocycles. The van der Waals surface area contributed by atoms with Crippen LogP contribution >= 0.6 is 11.6 Å². The molecule has 2 heterocycles. The van der Waals surface area contributed by atoms with Gasteiger partial charge in [-0.2, -0.15) is 10.2 Å². The van der Waals surface area contributed by atoms with Gasteiger partial charge in [-0.3, -0.25) is 0 Å². The zero-order chi connectivity index (χ0) is 13.6. The largest absolute Gasteiger partial charge is 0.481 e. The lowest BCUT2D eigenvalue weighted by Crippen LogP contribution is -2.08. The number of aromatic nitrogens is 3. The zero-order valence-electron chi connectivity index (χ0n) is 10.6. The summed E-state index contributed by atoms with van der Waals surface area (Å²) in [6, 6.07) is 4.17. The van der Waals surface area contributed by atoms with Gasteiger partial charge in [-0.1, -0.05) is 11.6 Å². The summed E-state index contributed by atoms with van der Waals surface area (Å²) in [5.74, 6) is 1.00. The van der Waals surface area contributed by atoms with E-state index in [1.54, 1.807) is 14.0 Å². The second kappa shape index (κ2) is 4.04. The molecule has 2 aromatic heterocycles. The highest BCUT2D eigenvalue weighted by Crippen LogP contribution is 2.51. The predicted octanol–water partition coefficient (Wildman–Crippen LogP) is 2.55. The number of ether oxygens (including phenoxy) is 1. The van der Waals surface area contributed by atoms with Gasteiger partial charge < -0.3 is 4.74 Å². The highest BCUT2D eigenvalue weighted by atomic mass is 35.5. The molecule has 3 rings (SSSR count). The van der Waals surface area contributed by atoms with E-state index in [-0.39, 0.29) is 0 Å². The Hall–Kier alpha value is -1.93. The SMILES string of the molecule is COc1nc2nc(C)nc(Cl)c2cc1C1(C#N)CC1. The maximum atomic E-state index is 9.32. The molecule has 0 radical (unpaired) electrons. The average Bonchev–Trinajstić information content (AvgIpc) is 3.18. The first-order valence-corrected chi connectivity index (χ1v) is 6.28. The topological polar surface area (TPSA) is 71.7 Å².